The van der Waals surface area contributed by atoms with Gasteiger partial charge in [0, 0.05) is 0 Å². The molecule has 1 N–H and O–H groups in total. The standard InChI is InChI=1S/C34H70O.C2H4O/c1-3-5-7-9-11-13-15-17-19-21-23-25-27-29-31-33-34(35)32-30-28-26-24-22-20-18-16-14-12-10-8-6-4-2;1-2-3-1/h34-35H,3-33H2,1-2H3;1-2H2. The minimum atomic E-state index is -0.0331. The summed E-state index contributed by atoms with van der Waals surface area (Å²) in [5.74, 6) is 0. The van der Waals surface area contributed by atoms with E-state index in [-0.39, 0.29) is 6.10 Å². The Bertz CT molecular complexity index is 392. The SMILES string of the molecule is C1CO1.CCCCCCCCCCCCCCCCCC(O)CCCCCCCCCCCCCCCC. The molecule has 0 aromatic rings. The third kappa shape index (κ3) is 38.1. The van der Waals surface area contributed by atoms with Crippen LogP contribution in [-0.4, -0.2) is 24.4 Å². The fourth-order valence-corrected chi connectivity index (χ4v) is 5.47. The van der Waals surface area contributed by atoms with E-state index >= 15 is 0 Å². The molecule has 1 heterocycles. The highest BCUT2D eigenvalue weighted by atomic mass is 16.6. The molecule has 2 heteroatoms. The van der Waals surface area contributed by atoms with Crippen molar-refractivity contribution in [3.63, 3.8) is 0 Å². The third-order valence-electron chi connectivity index (χ3n) is 8.24. The van der Waals surface area contributed by atoms with Crippen LogP contribution in [0.5, 0.6) is 0 Å². The van der Waals surface area contributed by atoms with Crippen LogP contribution in [0.25, 0.3) is 0 Å². The van der Waals surface area contributed by atoms with Gasteiger partial charge in [0.15, 0.2) is 0 Å². The zero-order valence-corrected chi connectivity index (χ0v) is 26.8. The monoisotopic (exact) mass is 539 g/mol. The van der Waals surface area contributed by atoms with E-state index in [1.165, 1.54) is 186 Å². The van der Waals surface area contributed by atoms with Gasteiger partial charge in [0.2, 0.25) is 0 Å². The van der Waals surface area contributed by atoms with Gasteiger partial charge in [-0.1, -0.05) is 200 Å². The Morgan fingerprint density at radius 3 is 0.737 bits per heavy atom. The Balaban J connectivity index is 0.00000423. The minimum Gasteiger partial charge on any atom is -0.393 e. The van der Waals surface area contributed by atoms with Crippen molar-refractivity contribution >= 4 is 0 Å². The average molecular weight is 539 g/mol. The van der Waals surface area contributed by atoms with Crippen molar-refractivity contribution in [2.24, 2.45) is 0 Å². The summed E-state index contributed by atoms with van der Waals surface area (Å²) in [7, 11) is 0. The molecule has 2 nitrogen and oxygen atoms in total. The summed E-state index contributed by atoms with van der Waals surface area (Å²) in [4.78, 5) is 0. The van der Waals surface area contributed by atoms with Crippen molar-refractivity contribution in [1.82, 2.24) is 0 Å². The van der Waals surface area contributed by atoms with E-state index in [1.54, 1.807) is 0 Å². The normalized spacial score (nSPS) is 13.3. The predicted octanol–water partition coefficient (Wildman–Crippen LogP) is 12.5. The van der Waals surface area contributed by atoms with Crippen molar-refractivity contribution in [2.45, 2.75) is 219 Å². The molecule has 0 saturated carbocycles. The molecule has 1 aliphatic rings. The van der Waals surface area contributed by atoms with Gasteiger partial charge < -0.3 is 9.84 Å². The Morgan fingerprint density at radius 2 is 0.553 bits per heavy atom. The molecule has 0 spiro atoms. The molecular formula is C36H74O2. The highest BCUT2D eigenvalue weighted by molar-refractivity contribution is 4.58. The van der Waals surface area contributed by atoms with Crippen LogP contribution in [0.1, 0.15) is 213 Å². The molecule has 1 rings (SSSR count). The summed E-state index contributed by atoms with van der Waals surface area (Å²) in [5, 5.41) is 10.2. The molecule has 1 aliphatic heterocycles. The number of rotatable bonds is 31. The van der Waals surface area contributed by atoms with Gasteiger partial charge in [-0.05, 0) is 12.8 Å². The van der Waals surface area contributed by atoms with Crippen molar-refractivity contribution in [3.05, 3.63) is 0 Å². The zero-order chi connectivity index (χ0) is 27.6. The molecule has 0 amide bonds. The summed E-state index contributed by atoms with van der Waals surface area (Å²) in [5.41, 5.74) is 0. The van der Waals surface area contributed by atoms with E-state index in [1.807, 2.05) is 0 Å². The summed E-state index contributed by atoms with van der Waals surface area (Å²) in [6, 6.07) is 0. The summed E-state index contributed by atoms with van der Waals surface area (Å²) >= 11 is 0. The largest absolute Gasteiger partial charge is 0.393 e. The average Bonchev–Trinajstić information content (AvgIpc) is 3.81. The first-order valence-corrected chi connectivity index (χ1v) is 18.1. The molecule has 1 unspecified atom stereocenters. The molecule has 230 valence electrons. The fourth-order valence-electron chi connectivity index (χ4n) is 5.47. The van der Waals surface area contributed by atoms with E-state index in [9.17, 15) is 5.11 Å². The number of hydrogen-bond acceptors (Lipinski definition) is 2. The maximum atomic E-state index is 10.2. The number of aliphatic hydroxyl groups excluding tert-OH is 1. The molecule has 0 aromatic carbocycles. The lowest BCUT2D eigenvalue weighted by Gasteiger charge is -2.10. The second-order valence-electron chi connectivity index (χ2n) is 12.4. The maximum Gasteiger partial charge on any atom is 0.0701 e. The molecule has 1 atom stereocenters. The van der Waals surface area contributed by atoms with Crippen LogP contribution < -0.4 is 0 Å². The van der Waals surface area contributed by atoms with Crippen LogP contribution in [0.2, 0.25) is 0 Å². The Hall–Kier alpha value is -0.0800. The summed E-state index contributed by atoms with van der Waals surface area (Å²) in [6.45, 7) is 6.59. The Morgan fingerprint density at radius 1 is 0.368 bits per heavy atom. The quantitative estimate of drug-likeness (QED) is 0.0703. The number of unbranched alkanes of at least 4 members (excludes halogenated alkanes) is 27. The van der Waals surface area contributed by atoms with Crippen LogP contribution in [0.3, 0.4) is 0 Å². The number of epoxide rings is 1. The molecule has 1 fully saturated rings. The molecule has 38 heavy (non-hydrogen) atoms. The molecule has 0 radical (unpaired) electrons. The van der Waals surface area contributed by atoms with Gasteiger partial charge >= 0.3 is 0 Å². The Labute approximate surface area is 241 Å². The lowest BCUT2D eigenvalue weighted by molar-refractivity contribution is 0.147. The molecule has 0 aromatic heterocycles. The van der Waals surface area contributed by atoms with Gasteiger partial charge in [0.05, 0.1) is 19.3 Å². The maximum absolute atomic E-state index is 10.2. The van der Waals surface area contributed by atoms with Gasteiger partial charge in [-0.2, -0.15) is 0 Å². The van der Waals surface area contributed by atoms with Gasteiger partial charge in [0.25, 0.3) is 0 Å². The smallest absolute Gasteiger partial charge is 0.0701 e. The first-order chi connectivity index (χ1) is 18.8. The van der Waals surface area contributed by atoms with Crippen LogP contribution >= 0.6 is 0 Å². The van der Waals surface area contributed by atoms with E-state index in [2.05, 4.69) is 18.6 Å². The highest BCUT2D eigenvalue weighted by Crippen LogP contribution is 2.17. The van der Waals surface area contributed by atoms with Gasteiger partial charge in [-0.3, -0.25) is 0 Å². The third-order valence-corrected chi connectivity index (χ3v) is 8.24. The number of ether oxygens (including phenoxy) is 1. The minimum absolute atomic E-state index is 0.0331. The number of hydrogen-bond donors (Lipinski definition) is 1. The van der Waals surface area contributed by atoms with Gasteiger partial charge in [0.1, 0.15) is 0 Å². The Kier molecular flexibility index (Phi) is 34.9. The van der Waals surface area contributed by atoms with Gasteiger partial charge in [-0.15, -0.1) is 0 Å². The lowest BCUT2D eigenvalue weighted by atomic mass is 10.0. The van der Waals surface area contributed by atoms with E-state index < -0.39 is 0 Å². The van der Waals surface area contributed by atoms with Crippen LogP contribution in [0.15, 0.2) is 0 Å². The first kappa shape index (κ1) is 37.9. The van der Waals surface area contributed by atoms with Crippen LogP contribution in [0.4, 0.5) is 0 Å². The van der Waals surface area contributed by atoms with Crippen molar-refractivity contribution in [3.8, 4) is 0 Å². The zero-order valence-electron chi connectivity index (χ0n) is 26.8. The topological polar surface area (TPSA) is 32.8 Å². The summed E-state index contributed by atoms with van der Waals surface area (Å²) in [6.07, 6.45) is 43.0. The second kappa shape index (κ2) is 34.9. The van der Waals surface area contributed by atoms with Crippen molar-refractivity contribution in [2.75, 3.05) is 13.2 Å². The first-order valence-electron chi connectivity index (χ1n) is 18.1. The molecule has 0 bridgehead atoms. The van der Waals surface area contributed by atoms with Crippen LogP contribution in [0, 0.1) is 0 Å². The van der Waals surface area contributed by atoms with Crippen molar-refractivity contribution < 1.29 is 9.84 Å². The van der Waals surface area contributed by atoms with E-state index in [0.717, 1.165) is 26.1 Å². The number of aliphatic hydroxyl groups is 1. The van der Waals surface area contributed by atoms with Crippen LogP contribution in [-0.2, 0) is 4.74 Å². The van der Waals surface area contributed by atoms with E-state index in [4.69, 9.17) is 0 Å². The summed E-state index contributed by atoms with van der Waals surface area (Å²) < 4.78 is 4.50. The fraction of sp³-hybridized carbons (Fsp3) is 1.00. The molecule has 1 saturated heterocycles. The molecular weight excluding hydrogens is 464 g/mol. The van der Waals surface area contributed by atoms with Crippen molar-refractivity contribution in [1.29, 1.82) is 0 Å². The van der Waals surface area contributed by atoms with E-state index in [0.29, 0.717) is 0 Å². The highest BCUT2D eigenvalue weighted by Gasteiger charge is 2.04. The molecule has 0 aliphatic carbocycles. The lowest BCUT2D eigenvalue weighted by Crippen LogP contribution is -2.05. The van der Waals surface area contributed by atoms with Gasteiger partial charge in [-0.25, -0.2) is 0 Å². The second-order valence-corrected chi connectivity index (χ2v) is 12.4. The predicted molar refractivity (Wildman–Crippen MR) is 171 cm³/mol.